The third kappa shape index (κ3) is 3.16. The predicted molar refractivity (Wildman–Crippen MR) is 81.1 cm³/mol. The standard InChI is InChI=1S/C11H7Br2N7O/c12-6-1-2-8(7(13)3-6)21-11-18-9(14)17-10(19-11)20-5-15-4-16-20/h1-5H,(H2,14,17,18,19). The molecule has 1 aromatic carbocycles. The van der Waals surface area contributed by atoms with Crippen LogP contribution in [0.5, 0.6) is 11.8 Å². The molecule has 0 fully saturated rings. The number of hydrogen-bond acceptors (Lipinski definition) is 7. The number of rotatable bonds is 3. The lowest BCUT2D eigenvalue weighted by atomic mass is 10.3. The number of hydrogen-bond donors (Lipinski definition) is 1. The summed E-state index contributed by atoms with van der Waals surface area (Å²) in [6.45, 7) is 0. The van der Waals surface area contributed by atoms with Crippen molar-refractivity contribution in [1.29, 1.82) is 0 Å². The lowest BCUT2D eigenvalue weighted by molar-refractivity contribution is 0.436. The van der Waals surface area contributed by atoms with Gasteiger partial charge in [-0.3, -0.25) is 0 Å². The van der Waals surface area contributed by atoms with E-state index in [9.17, 15) is 0 Å². The van der Waals surface area contributed by atoms with Crippen LogP contribution in [0.2, 0.25) is 0 Å². The van der Waals surface area contributed by atoms with E-state index in [0.717, 1.165) is 8.95 Å². The van der Waals surface area contributed by atoms with Crippen LogP contribution in [-0.4, -0.2) is 29.7 Å². The first kappa shape index (κ1) is 13.9. The number of nitrogens with two attached hydrogens (primary N) is 1. The predicted octanol–water partition coefficient (Wildman–Crippen LogP) is 2.35. The molecular formula is C11H7Br2N7O. The molecule has 0 radical (unpaired) electrons. The summed E-state index contributed by atoms with van der Waals surface area (Å²) in [5, 5.41) is 3.93. The number of nitrogen functional groups attached to an aromatic ring is 1. The van der Waals surface area contributed by atoms with Gasteiger partial charge in [0.15, 0.2) is 0 Å². The maximum Gasteiger partial charge on any atom is 0.328 e. The highest BCUT2D eigenvalue weighted by Crippen LogP contribution is 2.30. The Morgan fingerprint density at radius 2 is 2.00 bits per heavy atom. The van der Waals surface area contributed by atoms with Gasteiger partial charge in [-0.15, -0.1) is 0 Å². The molecule has 2 heterocycles. The second kappa shape index (κ2) is 5.74. The van der Waals surface area contributed by atoms with Gasteiger partial charge in [-0.1, -0.05) is 15.9 Å². The smallest absolute Gasteiger partial charge is 0.328 e. The summed E-state index contributed by atoms with van der Waals surface area (Å²) in [6, 6.07) is 5.51. The van der Waals surface area contributed by atoms with Crippen LogP contribution in [0.25, 0.3) is 5.95 Å². The summed E-state index contributed by atoms with van der Waals surface area (Å²) < 4.78 is 8.64. The van der Waals surface area contributed by atoms with Gasteiger partial charge >= 0.3 is 6.01 Å². The maximum absolute atomic E-state index is 5.66. The lowest BCUT2D eigenvalue weighted by Gasteiger charge is -2.07. The van der Waals surface area contributed by atoms with Crippen molar-refractivity contribution in [1.82, 2.24) is 29.7 Å². The summed E-state index contributed by atoms with van der Waals surface area (Å²) in [5.74, 6) is 0.801. The first-order valence-electron chi connectivity index (χ1n) is 5.61. The van der Waals surface area contributed by atoms with Gasteiger partial charge in [-0.05, 0) is 34.1 Å². The van der Waals surface area contributed by atoms with Gasteiger partial charge < -0.3 is 10.5 Å². The molecule has 0 bridgehead atoms. The minimum absolute atomic E-state index is 0.0266. The van der Waals surface area contributed by atoms with Crippen LogP contribution in [0.4, 0.5) is 5.95 Å². The Morgan fingerprint density at radius 3 is 2.71 bits per heavy atom. The monoisotopic (exact) mass is 411 g/mol. The summed E-state index contributed by atoms with van der Waals surface area (Å²) in [5.41, 5.74) is 5.66. The number of ether oxygens (including phenoxy) is 1. The number of aromatic nitrogens is 6. The topological polar surface area (TPSA) is 105 Å². The highest BCUT2D eigenvalue weighted by Gasteiger charge is 2.10. The average Bonchev–Trinajstić information content (AvgIpc) is 2.95. The fraction of sp³-hybridized carbons (Fsp3) is 0. The van der Waals surface area contributed by atoms with Crippen LogP contribution in [-0.2, 0) is 0 Å². The number of halogens is 2. The minimum atomic E-state index is 0.0266. The van der Waals surface area contributed by atoms with Gasteiger partial charge in [0.05, 0.1) is 4.47 Å². The van der Waals surface area contributed by atoms with E-state index in [1.54, 1.807) is 6.07 Å². The highest BCUT2D eigenvalue weighted by molar-refractivity contribution is 9.11. The van der Waals surface area contributed by atoms with E-state index in [-0.39, 0.29) is 17.9 Å². The molecule has 0 saturated heterocycles. The van der Waals surface area contributed by atoms with Crippen molar-refractivity contribution in [2.75, 3.05) is 5.73 Å². The molecule has 0 saturated carbocycles. The largest absolute Gasteiger partial charge is 0.423 e. The maximum atomic E-state index is 5.66. The Morgan fingerprint density at radius 1 is 1.14 bits per heavy atom. The third-order valence-electron chi connectivity index (χ3n) is 2.34. The number of benzene rings is 1. The van der Waals surface area contributed by atoms with E-state index < -0.39 is 0 Å². The third-order valence-corrected chi connectivity index (χ3v) is 3.45. The molecule has 2 aromatic heterocycles. The summed E-state index contributed by atoms with van der Waals surface area (Å²) >= 11 is 6.76. The molecule has 21 heavy (non-hydrogen) atoms. The van der Waals surface area contributed by atoms with Crippen LogP contribution in [0.3, 0.4) is 0 Å². The Kier molecular flexibility index (Phi) is 3.80. The van der Waals surface area contributed by atoms with Crippen molar-refractivity contribution < 1.29 is 4.74 Å². The Balaban J connectivity index is 1.95. The molecule has 10 heteroatoms. The molecule has 0 aliphatic carbocycles. The molecule has 0 amide bonds. The zero-order chi connectivity index (χ0) is 14.8. The Hall–Kier alpha value is -2.07. The molecule has 0 aliphatic rings. The average molecular weight is 413 g/mol. The number of anilines is 1. The fourth-order valence-corrected chi connectivity index (χ4v) is 2.60. The van der Waals surface area contributed by atoms with Gasteiger partial charge in [0.2, 0.25) is 5.95 Å². The Bertz CT molecular complexity index is 778. The van der Waals surface area contributed by atoms with Gasteiger partial charge in [0.25, 0.3) is 5.95 Å². The molecule has 3 rings (SSSR count). The summed E-state index contributed by atoms with van der Waals surface area (Å²) in [6.07, 6.45) is 2.82. The van der Waals surface area contributed by atoms with Crippen molar-refractivity contribution >= 4 is 37.8 Å². The second-order valence-electron chi connectivity index (χ2n) is 3.79. The van der Waals surface area contributed by atoms with E-state index in [0.29, 0.717) is 5.75 Å². The zero-order valence-electron chi connectivity index (χ0n) is 10.3. The first-order valence-corrected chi connectivity index (χ1v) is 7.20. The summed E-state index contributed by atoms with van der Waals surface area (Å²) in [4.78, 5) is 15.9. The molecule has 106 valence electrons. The fourth-order valence-electron chi connectivity index (χ4n) is 1.48. The second-order valence-corrected chi connectivity index (χ2v) is 5.56. The van der Waals surface area contributed by atoms with Crippen LogP contribution in [0.15, 0.2) is 39.8 Å². The van der Waals surface area contributed by atoms with Crippen molar-refractivity contribution in [3.8, 4) is 17.7 Å². The first-order chi connectivity index (χ1) is 10.1. The van der Waals surface area contributed by atoms with Crippen molar-refractivity contribution in [2.45, 2.75) is 0 Å². The van der Waals surface area contributed by atoms with Gasteiger partial charge in [0, 0.05) is 4.47 Å². The summed E-state index contributed by atoms with van der Waals surface area (Å²) in [7, 11) is 0. The molecule has 0 spiro atoms. The molecule has 2 N–H and O–H groups in total. The van der Waals surface area contributed by atoms with Gasteiger partial charge in [0.1, 0.15) is 18.4 Å². The van der Waals surface area contributed by atoms with Crippen molar-refractivity contribution in [2.24, 2.45) is 0 Å². The van der Waals surface area contributed by atoms with Crippen molar-refractivity contribution in [3.05, 3.63) is 39.8 Å². The van der Waals surface area contributed by atoms with E-state index in [4.69, 9.17) is 10.5 Å². The van der Waals surface area contributed by atoms with Crippen LogP contribution < -0.4 is 10.5 Å². The quantitative estimate of drug-likeness (QED) is 0.703. The highest BCUT2D eigenvalue weighted by atomic mass is 79.9. The molecule has 3 aromatic rings. The van der Waals surface area contributed by atoms with Gasteiger partial charge in [-0.2, -0.15) is 24.7 Å². The van der Waals surface area contributed by atoms with Gasteiger partial charge in [-0.25, -0.2) is 4.98 Å². The SMILES string of the molecule is Nc1nc(Oc2ccc(Br)cc2Br)nc(-n2cncn2)n1. The van der Waals surface area contributed by atoms with Crippen LogP contribution in [0, 0.1) is 0 Å². The molecule has 8 nitrogen and oxygen atoms in total. The lowest BCUT2D eigenvalue weighted by Crippen LogP contribution is -2.08. The van der Waals surface area contributed by atoms with E-state index >= 15 is 0 Å². The zero-order valence-corrected chi connectivity index (χ0v) is 13.5. The van der Waals surface area contributed by atoms with E-state index in [2.05, 4.69) is 56.9 Å². The molecular weight excluding hydrogens is 406 g/mol. The van der Waals surface area contributed by atoms with Crippen LogP contribution in [0.1, 0.15) is 0 Å². The minimum Gasteiger partial charge on any atom is -0.423 e. The normalized spacial score (nSPS) is 10.6. The molecule has 0 atom stereocenters. The molecule has 0 aliphatic heterocycles. The number of nitrogens with zero attached hydrogens (tertiary/aromatic N) is 6. The Labute approximate surface area is 135 Å². The van der Waals surface area contributed by atoms with E-state index in [1.807, 2.05) is 12.1 Å². The van der Waals surface area contributed by atoms with Crippen molar-refractivity contribution in [3.63, 3.8) is 0 Å². The van der Waals surface area contributed by atoms with E-state index in [1.165, 1.54) is 17.3 Å². The van der Waals surface area contributed by atoms with Crippen LogP contribution >= 0.6 is 31.9 Å². The molecule has 0 unspecified atom stereocenters.